The van der Waals surface area contributed by atoms with Gasteiger partial charge in [0, 0.05) is 91.6 Å². The largest absolute Gasteiger partial charge is 0.494 e. The molecule has 8 aromatic rings. The number of benzene rings is 4. The molecule has 82 heavy (non-hydrogen) atoms. The third-order valence-corrected chi connectivity index (χ3v) is 13.5. The highest BCUT2D eigenvalue weighted by Gasteiger charge is 2.35. The number of alkyl halides is 6. The van der Waals surface area contributed by atoms with E-state index in [0.717, 1.165) is 46.8 Å². The predicted molar refractivity (Wildman–Crippen MR) is 292 cm³/mol. The zero-order chi connectivity index (χ0) is 59.8. The van der Waals surface area contributed by atoms with Crippen LogP contribution in [0.5, 0.6) is 11.5 Å². The van der Waals surface area contributed by atoms with Gasteiger partial charge in [0.2, 0.25) is 6.41 Å². The highest BCUT2D eigenvalue weighted by atomic mass is 35.5. The second-order valence-corrected chi connectivity index (χ2v) is 19.4. The maximum Gasteiger partial charge on any atom is 0.416 e. The monoisotopic (exact) mass is 1180 g/mol. The van der Waals surface area contributed by atoms with Crippen molar-refractivity contribution in [3.63, 3.8) is 0 Å². The molecule has 4 N–H and O–H groups in total. The fourth-order valence-electron chi connectivity index (χ4n) is 8.39. The van der Waals surface area contributed by atoms with E-state index in [1.807, 2.05) is 13.8 Å². The summed E-state index contributed by atoms with van der Waals surface area (Å²) in [4.78, 5) is 40.4. The standard InChI is InChI=1S/C27H28ClF3N8O3.C26H27ClF3N7O3/c1-16-20(12-33-38(16)3)23-14-39(36-35-23)24-10-17(5-6-21(24)28)26(41)34-22-11-19(27(29,30)31)9-18(25(22)42-4)13-37(2)8-7-32-15-40;1-15-19(12-31-36(15)3)22-14-37(34-33-22)23-10-16(5-6-20(23)27)25(39)32-21-11-18(26(28,29)30)9-17(24(21)40-4)13-35(2)7-8-38/h5-6,9-12,14-15H,7-8,13H2,1-4H3,(H,32,40)(H,34,41);5-6,9-12,14,38H,7-8,13H2,1-4H3,(H,32,39). The molecule has 0 aliphatic carbocycles. The number of nitrogens with one attached hydrogen (secondary N) is 3. The number of anilines is 2. The van der Waals surface area contributed by atoms with Crippen LogP contribution in [0.2, 0.25) is 10.0 Å². The molecule has 3 amide bonds. The number of aliphatic hydroxyl groups excluding tert-OH is 1. The Labute approximate surface area is 475 Å². The number of hydrogen-bond donors (Lipinski definition) is 4. The fourth-order valence-corrected chi connectivity index (χ4v) is 8.80. The summed E-state index contributed by atoms with van der Waals surface area (Å²) in [6.07, 6.45) is -2.21. The van der Waals surface area contributed by atoms with Gasteiger partial charge in [0.05, 0.1) is 89.5 Å². The Hall–Kier alpha value is -8.37. The van der Waals surface area contributed by atoms with Crippen molar-refractivity contribution >= 4 is 52.8 Å². The average Bonchev–Trinajstić information content (AvgIpc) is 4.33. The fraction of sp³-hybridized carbons (Fsp3) is 0.302. The lowest BCUT2D eigenvalue weighted by Crippen LogP contribution is -2.28. The van der Waals surface area contributed by atoms with E-state index in [4.69, 9.17) is 32.7 Å². The van der Waals surface area contributed by atoms with Crippen LogP contribution >= 0.6 is 23.2 Å². The predicted octanol–water partition coefficient (Wildman–Crippen LogP) is 8.42. The Balaban J connectivity index is 0.000000236. The number of methoxy groups -OCH3 is 2. The number of likely N-dealkylation sites (N-methyl/N-ethyl adjacent to an activating group) is 2. The molecule has 0 aliphatic heterocycles. The third kappa shape index (κ3) is 14.4. The number of aliphatic hydroxyl groups is 1. The minimum atomic E-state index is -4.68. The van der Waals surface area contributed by atoms with E-state index in [-0.39, 0.29) is 81.4 Å². The Bertz CT molecular complexity index is 3600. The van der Waals surface area contributed by atoms with Crippen molar-refractivity contribution in [3.05, 3.63) is 140 Å². The summed E-state index contributed by atoms with van der Waals surface area (Å²) >= 11 is 12.8. The van der Waals surface area contributed by atoms with Crippen LogP contribution < -0.4 is 25.4 Å². The summed E-state index contributed by atoms with van der Waals surface area (Å²) in [6, 6.07) is 12.4. The summed E-state index contributed by atoms with van der Waals surface area (Å²) in [5.74, 6) is -1.22. The van der Waals surface area contributed by atoms with E-state index in [2.05, 4.69) is 46.8 Å². The number of carbonyl (C=O) groups excluding carboxylic acids is 3. The van der Waals surface area contributed by atoms with Gasteiger partial charge in [-0.3, -0.25) is 28.6 Å². The van der Waals surface area contributed by atoms with Crippen molar-refractivity contribution in [2.75, 3.05) is 65.2 Å². The Morgan fingerprint density at radius 1 is 0.671 bits per heavy atom. The second-order valence-electron chi connectivity index (χ2n) is 18.6. The molecular weight excluding hydrogens is 1130 g/mol. The number of halogens is 8. The van der Waals surface area contributed by atoms with Gasteiger partial charge in [0.25, 0.3) is 11.8 Å². The zero-order valence-electron chi connectivity index (χ0n) is 45.3. The van der Waals surface area contributed by atoms with Gasteiger partial charge in [0.15, 0.2) is 0 Å². The molecule has 0 atom stereocenters. The van der Waals surface area contributed by atoms with E-state index in [1.54, 1.807) is 72.1 Å². The molecule has 0 spiro atoms. The molecule has 4 aromatic heterocycles. The van der Waals surface area contributed by atoms with E-state index >= 15 is 0 Å². The number of rotatable bonds is 20. The van der Waals surface area contributed by atoms with Crippen molar-refractivity contribution in [2.45, 2.75) is 39.3 Å². The van der Waals surface area contributed by atoms with Gasteiger partial charge in [-0.15, -0.1) is 10.2 Å². The molecule has 0 aliphatic rings. The molecule has 8 rings (SSSR count). The van der Waals surface area contributed by atoms with Gasteiger partial charge in [0.1, 0.15) is 22.9 Å². The number of hydrogen-bond acceptors (Lipinski definition) is 14. The van der Waals surface area contributed by atoms with Crippen LogP contribution in [0, 0.1) is 13.8 Å². The molecule has 0 unspecified atom stereocenters. The van der Waals surface area contributed by atoms with Crippen LogP contribution in [0.3, 0.4) is 0 Å². The minimum Gasteiger partial charge on any atom is -0.494 e. The number of amides is 3. The summed E-state index contributed by atoms with van der Waals surface area (Å²) in [7, 11) is 9.55. The number of nitrogens with zero attached hydrogens (tertiary/aromatic N) is 12. The molecule has 0 saturated carbocycles. The second kappa shape index (κ2) is 26.0. The number of ether oxygens (including phenoxy) is 2. The third-order valence-electron chi connectivity index (χ3n) is 12.9. The molecule has 0 fully saturated rings. The molecule has 21 nitrogen and oxygen atoms in total. The summed E-state index contributed by atoms with van der Waals surface area (Å²) in [6.45, 7) is 4.62. The van der Waals surface area contributed by atoms with Gasteiger partial charge < -0.3 is 35.4 Å². The average molecular weight is 1180 g/mol. The first-order valence-electron chi connectivity index (χ1n) is 24.6. The summed E-state index contributed by atoms with van der Waals surface area (Å²) < 4.78 is 99.7. The van der Waals surface area contributed by atoms with Crippen molar-refractivity contribution in [3.8, 4) is 45.4 Å². The van der Waals surface area contributed by atoms with Crippen LogP contribution in [-0.4, -0.2) is 137 Å². The first-order valence-corrected chi connectivity index (χ1v) is 25.4. The van der Waals surface area contributed by atoms with Crippen molar-refractivity contribution < 1.29 is 55.3 Å². The topological polar surface area (TPSA) is 230 Å². The molecule has 4 aromatic carbocycles. The molecule has 4 heterocycles. The first-order chi connectivity index (χ1) is 38.8. The van der Waals surface area contributed by atoms with Crippen LogP contribution in [-0.2, 0) is 44.3 Å². The van der Waals surface area contributed by atoms with Gasteiger partial charge in [-0.25, -0.2) is 9.36 Å². The van der Waals surface area contributed by atoms with Crippen molar-refractivity contribution in [2.24, 2.45) is 14.1 Å². The highest BCUT2D eigenvalue weighted by molar-refractivity contribution is 6.33. The lowest BCUT2D eigenvalue weighted by molar-refractivity contribution is -0.138. The van der Waals surface area contributed by atoms with Crippen molar-refractivity contribution in [1.82, 2.24) is 64.7 Å². The Morgan fingerprint density at radius 2 is 1.09 bits per heavy atom. The van der Waals surface area contributed by atoms with E-state index in [0.29, 0.717) is 42.3 Å². The van der Waals surface area contributed by atoms with Crippen LogP contribution in [0.4, 0.5) is 37.7 Å². The van der Waals surface area contributed by atoms with Gasteiger partial charge in [-0.05, 0) is 88.6 Å². The maximum absolute atomic E-state index is 13.8. The molecule has 0 radical (unpaired) electrons. The smallest absolute Gasteiger partial charge is 0.416 e. The normalized spacial score (nSPS) is 11.6. The number of aryl methyl sites for hydroxylation is 2. The molecule has 29 heteroatoms. The minimum absolute atomic E-state index is 0.0483. The quantitative estimate of drug-likeness (QED) is 0.0319. The number of aromatic nitrogens is 10. The van der Waals surface area contributed by atoms with Gasteiger partial charge >= 0.3 is 12.4 Å². The van der Waals surface area contributed by atoms with Crippen LogP contribution in [0.25, 0.3) is 33.9 Å². The summed E-state index contributed by atoms with van der Waals surface area (Å²) in [5.41, 5.74) is 3.49. The van der Waals surface area contributed by atoms with E-state index in [1.165, 1.54) is 60.0 Å². The van der Waals surface area contributed by atoms with Crippen LogP contribution in [0.1, 0.15) is 54.4 Å². The van der Waals surface area contributed by atoms with Gasteiger partial charge in [-0.2, -0.15) is 36.5 Å². The molecule has 0 saturated heterocycles. The Morgan fingerprint density at radius 3 is 1.44 bits per heavy atom. The molecule has 434 valence electrons. The maximum atomic E-state index is 13.8. The Kier molecular flexibility index (Phi) is 19.5. The number of carbonyl (C=O) groups is 3. The van der Waals surface area contributed by atoms with Gasteiger partial charge in [-0.1, -0.05) is 33.6 Å². The highest BCUT2D eigenvalue weighted by Crippen LogP contribution is 2.41. The van der Waals surface area contributed by atoms with Crippen molar-refractivity contribution in [1.29, 1.82) is 0 Å². The first kappa shape index (κ1) is 61.3. The van der Waals surface area contributed by atoms with Crippen LogP contribution in [0.15, 0.2) is 85.5 Å². The van der Waals surface area contributed by atoms with E-state index in [9.17, 15) is 45.8 Å². The SMILES string of the molecule is COc1c(CN(C)CCNC=O)cc(C(F)(F)F)cc1NC(=O)c1ccc(Cl)c(-n2cc(-c3cnn(C)c3C)nn2)c1.COc1c(CN(C)CCO)cc(C(F)(F)F)cc1NC(=O)c1ccc(Cl)c(-n2cc(-c3cnn(C)c3C)nn2)c1. The lowest BCUT2D eigenvalue weighted by atomic mass is 10.1. The molecule has 0 bridgehead atoms. The van der Waals surface area contributed by atoms with E-state index < -0.39 is 35.3 Å². The zero-order valence-corrected chi connectivity index (χ0v) is 46.8. The molecular formula is C53H55Cl2F6N15O6. The lowest BCUT2D eigenvalue weighted by Gasteiger charge is -2.22. The summed E-state index contributed by atoms with van der Waals surface area (Å²) in [5, 5.41) is 42.4.